The predicted octanol–water partition coefficient (Wildman–Crippen LogP) is 2.28. The fourth-order valence-corrected chi connectivity index (χ4v) is 3.66. The van der Waals surface area contributed by atoms with Gasteiger partial charge < -0.3 is 5.32 Å². The molecule has 1 fully saturated rings. The van der Waals surface area contributed by atoms with Crippen molar-refractivity contribution in [2.75, 3.05) is 19.6 Å². The van der Waals surface area contributed by atoms with Crippen molar-refractivity contribution >= 4 is 17.2 Å². The van der Waals surface area contributed by atoms with E-state index < -0.39 is 0 Å². The van der Waals surface area contributed by atoms with Crippen LogP contribution in [-0.4, -0.2) is 40.2 Å². The number of nitrogens with zero attached hydrogens (tertiary/aromatic N) is 3. The minimum atomic E-state index is -0.0242. The van der Waals surface area contributed by atoms with Crippen LogP contribution >= 0.6 is 11.3 Å². The number of carbonyl (C=O) groups is 1. The SMILES string of the molecule is Cc1nn(C)c(C)c1C(=O)NC[C@H](c1ccsc1)N1CCC1. The van der Waals surface area contributed by atoms with E-state index in [4.69, 9.17) is 0 Å². The third kappa shape index (κ3) is 2.80. The molecule has 0 aromatic carbocycles. The van der Waals surface area contributed by atoms with Gasteiger partial charge in [0.1, 0.15) is 0 Å². The molecule has 22 heavy (non-hydrogen) atoms. The van der Waals surface area contributed by atoms with E-state index in [1.807, 2.05) is 20.9 Å². The van der Waals surface area contributed by atoms with Crippen LogP contribution < -0.4 is 5.32 Å². The Kier molecular flexibility index (Phi) is 4.31. The van der Waals surface area contributed by atoms with Gasteiger partial charge in [-0.25, -0.2) is 0 Å². The van der Waals surface area contributed by atoms with Gasteiger partial charge in [0, 0.05) is 32.4 Å². The molecule has 0 bridgehead atoms. The zero-order chi connectivity index (χ0) is 15.7. The number of aryl methyl sites for hydroxylation is 2. The van der Waals surface area contributed by atoms with Gasteiger partial charge in [-0.2, -0.15) is 16.4 Å². The maximum atomic E-state index is 12.5. The Morgan fingerprint density at radius 1 is 1.45 bits per heavy atom. The minimum absolute atomic E-state index is 0.0242. The van der Waals surface area contributed by atoms with Crippen LogP contribution in [0, 0.1) is 13.8 Å². The lowest BCUT2D eigenvalue weighted by atomic mass is 10.0. The molecule has 2 aromatic heterocycles. The predicted molar refractivity (Wildman–Crippen MR) is 88.3 cm³/mol. The van der Waals surface area contributed by atoms with Crippen molar-refractivity contribution in [1.29, 1.82) is 0 Å². The van der Waals surface area contributed by atoms with Crippen LogP contribution in [0.25, 0.3) is 0 Å². The van der Waals surface area contributed by atoms with E-state index in [1.165, 1.54) is 12.0 Å². The molecule has 1 aliphatic rings. The minimum Gasteiger partial charge on any atom is -0.350 e. The number of amides is 1. The van der Waals surface area contributed by atoms with Crippen LogP contribution in [0.3, 0.4) is 0 Å². The molecule has 0 spiro atoms. The molecule has 3 heterocycles. The number of hydrogen-bond acceptors (Lipinski definition) is 4. The van der Waals surface area contributed by atoms with E-state index >= 15 is 0 Å². The van der Waals surface area contributed by atoms with Gasteiger partial charge in [0.05, 0.1) is 17.3 Å². The molecule has 1 atom stereocenters. The second kappa shape index (κ2) is 6.22. The largest absolute Gasteiger partial charge is 0.350 e. The number of likely N-dealkylation sites (tertiary alicyclic amines) is 1. The summed E-state index contributed by atoms with van der Waals surface area (Å²) in [4.78, 5) is 14.9. The van der Waals surface area contributed by atoms with Crippen LogP contribution in [-0.2, 0) is 7.05 Å². The number of thiophene rings is 1. The van der Waals surface area contributed by atoms with E-state index in [9.17, 15) is 4.79 Å². The zero-order valence-corrected chi connectivity index (χ0v) is 14.1. The monoisotopic (exact) mass is 318 g/mol. The van der Waals surface area contributed by atoms with Gasteiger partial charge in [-0.05, 0) is 42.7 Å². The first kappa shape index (κ1) is 15.2. The first-order valence-electron chi connectivity index (χ1n) is 7.62. The van der Waals surface area contributed by atoms with Crippen molar-refractivity contribution in [1.82, 2.24) is 20.0 Å². The highest BCUT2D eigenvalue weighted by Crippen LogP contribution is 2.26. The normalized spacial score (nSPS) is 16.3. The van der Waals surface area contributed by atoms with Crippen molar-refractivity contribution in [2.24, 2.45) is 7.05 Å². The van der Waals surface area contributed by atoms with Crippen LogP contribution in [0.15, 0.2) is 16.8 Å². The molecule has 0 aliphatic carbocycles. The Balaban J connectivity index is 1.71. The lowest BCUT2D eigenvalue weighted by molar-refractivity contribution is 0.0884. The summed E-state index contributed by atoms with van der Waals surface area (Å²) in [6.07, 6.45) is 1.25. The Morgan fingerprint density at radius 2 is 2.23 bits per heavy atom. The molecular weight excluding hydrogens is 296 g/mol. The average Bonchev–Trinajstić information content (AvgIpc) is 3.02. The van der Waals surface area contributed by atoms with Crippen molar-refractivity contribution < 1.29 is 4.79 Å². The quantitative estimate of drug-likeness (QED) is 0.920. The first-order chi connectivity index (χ1) is 10.6. The van der Waals surface area contributed by atoms with Gasteiger partial charge in [-0.15, -0.1) is 0 Å². The van der Waals surface area contributed by atoms with E-state index in [1.54, 1.807) is 16.0 Å². The molecule has 118 valence electrons. The Morgan fingerprint density at radius 3 is 2.73 bits per heavy atom. The van der Waals surface area contributed by atoms with Gasteiger partial charge in [0.15, 0.2) is 0 Å². The highest BCUT2D eigenvalue weighted by molar-refractivity contribution is 7.07. The maximum Gasteiger partial charge on any atom is 0.255 e. The molecule has 3 rings (SSSR count). The van der Waals surface area contributed by atoms with Crippen molar-refractivity contribution in [3.05, 3.63) is 39.3 Å². The number of aromatic nitrogens is 2. The van der Waals surface area contributed by atoms with E-state index in [0.29, 0.717) is 12.1 Å². The summed E-state index contributed by atoms with van der Waals surface area (Å²) >= 11 is 1.71. The molecule has 2 aromatic rings. The van der Waals surface area contributed by atoms with Crippen LogP contribution in [0.5, 0.6) is 0 Å². The number of nitrogens with one attached hydrogen (secondary N) is 1. The molecule has 1 saturated heterocycles. The lowest BCUT2D eigenvalue weighted by Gasteiger charge is -2.38. The molecule has 6 heteroatoms. The fourth-order valence-electron chi connectivity index (χ4n) is 2.95. The molecule has 0 unspecified atom stereocenters. The van der Waals surface area contributed by atoms with Crippen molar-refractivity contribution in [3.63, 3.8) is 0 Å². The first-order valence-corrected chi connectivity index (χ1v) is 8.56. The van der Waals surface area contributed by atoms with Crippen LogP contribution in [0.1, 0.15) is 39.8 Å². The van der Waals surface area contributed by atoms with Gasteiger partial charge >= 0.3 is 0 Å². The molecule has 0 radical (unpaired) electrons. The molecule has 5 nitrogen and oxygen atoms in total. The zero-order valence-electron chi connectivity index (χ0n) is 13.3. The molecule has 1 aliphatic heterocycles. The van der Waals surface area contributed by atoms with Crippen molar-refractivity contribution in [2.45, 2.75) is 26.3 Å². The summed E-state index contributed by atoms with van der Waals surface area (Å²) < 4.78 is 1.76. The number of rotatable bonds is 5. The molecule has 1 amide bonds. The molecule has 0 saturated carbocycles. The summed E-state index contributed by atoms with van der Waals surface area (Å²) in [5.74, 6) is -0.0242. The van der Waals surface area contributed by atoms with Gasteiger partial charge in [0.2, 0.25) is 0 Å². The van der Waals surface area contributed by atoms with E-state index in [0.717, 1.165) is 24.5 Å². The van der Waals surface area contributed by atoms with Crippen LogP contribution in [0.2, 0.25) is 0 Å². The fraction of sp³-hybridized carbons (Fsp3) is 0.500. The lowest BCUT2D eigenvalue weighted by Crippen LogP contribution is -2.45. The summed E-state index contributed by atoms with van der Waals surface area (Å²) in [7, 11) is 1.87. The smallest absolute Gasteiger partial charge is 0.255 e. The third-order valence-electron chi connectivity index (χ3n) is 4.45. The van der Waals surface area contributed by atoms with Gasteiger partial charge in [0.25, 0.3) is 5.91 Å². The van der Waals surface area contributed by atoms with Gasteiger partial charge in [-0.1, -0.05) is 0 Å². The summed E-state index contributed by atoms with van der Waals surface area (Å²) in [5, 5.41) is 11.7. The Bertz CT molecular complexity index is 658. The third-order valence-corrected chi connectivity index (χ3v) is 5.15. The Hall–Kier alpha value is -1.66. The maximum absolute atomic E-state index is 12.5. The summed E-state index contributed by atoms with van der Waals surface area (Å²) in [6, 6.07) is 2.43. The highest BCUT2D eigenvalue weighted by atomic mass is 32.1. The second-order valence-electron chi connectivity index (χ2n) is 5.84. The second-order valence-corrected chi connectivity index (χ2v) is 6.62. The summed E-state index contributed by atoms with van der Waals surface area (Å²) in [6.45, 7) is 6.68. The highest BCUT2D eigenvalue weighted by Gasteiger charge is 2.27. The van der Waals surface area contributed by atoms with Crippen molar-refractivity contribution in [3.8, 4) is 0 Å². The van der Waals surface area contributed by atoms with E-state index in [2.05, 4.69) is 32.1 Å². The van der Waals surface area contributed by atoms with Gasteiger partial charge in [-0.3, -0.25) is 14.4 Å². The standard InChI is InChI=1S/C16H22N4OS/c1-11-15(12(2)19(3)18-11)16(21)17-9-14(20-6-4-7-20)13-5-8-22-10-13/h5,8,10,14H,4,6-7,9H2,1-3H3,(H,17,21)/t14-/m1/s1. The van der Waals surface area contributed by atoms with E-state index in [-0.39, 0.29) is 11.9 Å². The topological polar surface area (TPSA) is 50.2 Å². The number of hydrogen-bond donors (Lipinski definition) is 1. The van der Waals surface area contributed by atoms with Crippen LogP contribution in [0.4, 0.5) is 0 Å². The summed E-state index contributed by atoms with van der Waals surface area (Å²) in [5.41, 5.74) is 3.69. The number of carbonyl (C=O) groups excluding carboxylic acids is 1. The Labute approximate surface area is 134 Å². The molecule has 1 N–H and O–H groups in total. The molecular formula is C16H22N4OS. The average molecular weight is 318 g/mol.